The minimum atomic E-state index is -0.545. The van der Waals surface area contributed by atoms with Gasteiger partial charge in [0.1, 0.15) is 11.4 Å². The molecular weight excluding hydrogens is 304 g/mol. The molecule has 2 rings (SSSR count). The third-order valence-corrected chi connectivity index (χ3v) is 4.69. The average Bonchev–Trinajstić information content (AvgIpc) is 2.62. The SMILES string of the molecule is C=CC1(OC(=O)c2ccc(OC(=O)C(C)CC)cc2)CCCCC1. The van der Waals surface area contributed by atoms with Crippen LogP contribution in [0.2, 0.25) is 0 Å². The fourth-order valence-corrected chi connectivity index (χ4v) is 2.78. The number of benzene rings is 1. The van der Waals surface area contributed by atoms with Crippen molar-refractivity contribution in [1.29, 1.82) is 0 Å². The van der Waals surface area contributed by atoms with Crippen molar-refractivity contribution >= 4 is 11.9 Å². The Morgan fingerprint density at radius 1 is 1.21 bits per heavy atom. The number of carbonyl (C=O) groups is 2. The molecule has 1 fully saturated rings. The first-order valence-corrected chi connectivity index (χ1v) is 8.68. The van der Waals surface area contributed by atoms with Gasteiger partial charge in [0.25, 0.3) is 0 Å². The zero-order valence-corrected chi connectivity index (χ0v) is 14.5. The summed E-state index contributed by atoms with van der Waals surface area (Å²) >= 11 is 0. The normalized spacial score (nSPS) is 17.6. The predicted molar refractivity (Wildman–Crippen MR) is 93.0 cm³/mol. The van der Waals surface area contributed by atoms with Crippen molar-refractivity contribution in [2.75, 3.05) is 0 Å². The van der Waals surface area contributed by atoms with Crippen LogP contribution in [-0.2, 0) is 9.53 Å². The molecule has 1 aromatic carbocycles. The first-order chi connectivity index (χ1) is 11.5. The highest BCUT2D eigenvalue weighted by Gasteiger charge is 2.33. The summed E-state index contributed by atoms with van der Waals surface area (Å²) in [5.74, 6) is -0.335. The Bertz CT molecular complexity index is 582. The lowest BCUT2D eigenvalue weighted by Gasteiger charge is -2.33. The Morgan fingerprint density at radius 2 is 1.83 bits per heavy atom. The molecule has 1 aliphatic carbocycles. The molecular formula is C20H26O4. The molecule has 4 heteroatoms. The van der Waals surface area contributed by atoms with Gasteiger partial charge in [-0.15, -0.1) is 0 Å². The minimum absolute atomic E-state index is 0.145. The van der Waals surface area contributed by atoms with Gasteiger partial charge < -0.3 is 9.47 Å². The van der Waals surface area contributed by atoms with Gasteiger partial charge in [-0.3, -0.25) is 4.79 Å². The van der Waals surface area contributed by atoms with Gasteiger partial charge in [-0.2, -0.15) is 0 Å². The van der Waals surface area contributed by atoms with E-state index in [4.69, 9.17) is 9.47 Å². The molecule has 0 saturated heterocycles. The van der Waals surface area contributed by atoms with Gasteiger partial charge in [0.05, 0.1) is 11.5 Å². The van der Waals surface area contributed by atoms with E-state index in [9.17, 15) is 9.59 Å². The molecule has 0 aliphatic heterocycles. The van der Waals surface area contributed by atoms with E-state index in [-0.39, 0.29) is 17.9 Å². The van der Waals surface area contributed by atoms with Gasteiger partial charge in [-0.25, -0.2) is 4.79 Å². The Hall–Kier alpha value is -2.10. The number of carbonyl (C=O) groups excluding carboxylic acids is 2. The van der Waals surface area contributed by atoms with E-state index in [2.05, 4.69) is 6.58 Å². The fourth-order valence-electron chi connectivity index (χ4n) is 2.78. The minimum Gasteiger partial charge on any atom is -0.451 e. The third-order valence-electron chi connectivity index (χ3n) is 4.69. The van der Waals surface area contributed by atoms with E-state index in [1.807, 2.05) is 13.8 Å². The average molecular weight is 330 g/mol. The molecule has 24 heavy (non-hydrogen) atoms. The standard InChI is InChI=1S/C20H26O4/c1-4-15(3)18(21)23-17-11-9-16(10-12-17)19(22)24-20(5-2)13-7-6-8-14-20/h5,9-12,15H,2,4,6-8,13-14H2,1,3H3. The van der Waals surface area contributed by atoms with Crippen LogP contribution in [0.4, 0.5) is 0 Å². The lowest BCUT2D eigenvalue weighted by molar-refractivity contribution is -0.138. The highest BCUT2D eigenvalue weighted by atomic mass is 16.6. The number of rotatable bonds is 6. The molecule has 0 heterocycles. The number of ether oxygens (including phenoxy) is 2. The smallest absolute Gasteiger partial charge is 0.338 e. The summed E-state index contributed by atoms with van der Waals surface area (Å²) < 4.78 is 11.0. The first-order valence-electron chi connectivity index (χ1n) is 8.68. The lowest BCUT2D eigenvalue weighted by Crippen LogP contribution is -2.35. The maximum absolute atomic E-state index is 12.4. The molecule has 1 saturated carbocycles. The van der Waals surface area contributed by atoms with E-state index in [1.54, 1.807) is 30.3 Å². The van der Waals surface area contributed by atoms with E-state index in [0.29, 0.717) is 11.3 Å². The fraction of sp³-hybridized carbons (Fsp3) is 0.500. The Labute approximate surface area is 143 Å². The maximum atomic E-state index is 12.4. The first kappa shape index (κ1) is 18.2. The van der Waals surface area contributed by atoms with Gasteiger partial charge in [-0.05, 0) is 62.4 Å². The number of hydrogen-bond donors (Lipinski definition) is 0. The van der Waals surface area contributed by atoms with Crippen LogP contribution in [0.25, 0.3) is 0 Å². The summed E-state index contributed by atoms with van der Waals surface area (Å²) in [6.07, 6.45) is 7.40. The van der Waals surface area contributed by atoms with Crippen molar-refractivity contribution in [3.05, 3.63) is 42.5 Å². The Kier molecular flexibility index (Phi) is 6.18. The highest BCUT2D eigenvalue weighted by molar-refractivity contribution is 5.90. The van der Waals surface area contributed by atoms with Gasteiger partial charge in [0, 0.05) is 0 Å². The largest absolute Gasteiger partial charge is 0.451 e. The molecule has 0 N–H and O–H groups in total. The van der Waals surface area contributed by atoms with Crippen LogP contribution in [-0.4, -0.2) is 17.5 Å². The third kappa shape index (κ3) is 4.47. The van der Waals surface area contributed by atoms with Crippen LogP contribution >= 0.6 is 0 Å². The van der Waals surface area contributed by atoms with Crippen molar-refractivity contribution < 1.29 is 19.1 Å². The van der Waals surface area contributed by atoms with Gasteiger partial charge >= 0.3 is 11.9 Å². The highest BCUT2D eigenvalue weighted by Crippen LogP contribution is 2.33. The molecule has 0 aromatic heterocycles. The van der Waals surface area contributed by atoms with Crippen LogP contribution in [0, 0.1) is 5.92 Å². The zero-order chi connectivity index (χ0) is 17.6. The molecule has 0 radical (unpaired) electrons. The molecule has 130 valence electrons. The predicted octanol–water partition coefficient (Wildman–Crippen LogP) is 4.68. The molecule has 1 unspecified atom stereocenters. The van der Waals surface area contributed by atoms with Crippen LogP contribution in [0.1, 0.15) is 62.7 Å². The molecule has 4 nitrogen and oxygen atoms in total. The van der Waals surface area contributed by atoms with Gasteiger partial charge in [-0.1, -0.05) is 26.8 Å². The Morgan fingerprint density at radius 3 is 2.38 bits per heavy atom. The second kappa shape index (κ2) is 8.13. The van der Waals surface area contributed by atoms with E-state index < -0.39 is 5.60 Å². The molecule has 0 amide bonds. The van der Waals surface area contributed by atoms with E-state index in [1.165, 1.54) is 6.42 Å². The molecule has 1 aromatic rings. The number of esters is 2. The summed E-state index contributed by atoms with van der Waals surface area (Å²) in [7, 11) is 0. The van der Waals surface area contributed by atoms with Crippen LogP contribution in [0.3, 0.4) is 0 Å². The molecule has 1 atom stereocenters. The summed E-state index contributed by atoms with van der Waals surface area (Å²) in [6.45, 7) is 7.60. The second-order valence-corrected chi connectivity index (χ2v) is 6.47. The van der Waals surface area contributed by atoms with E-state index >= 15 is 0 Å². The van der Waals surface area contributed by atoms with Gasteiger partial charge in [0.2, 0.25) is 0 Å². The van der Waals surface area contributed by atoms with Crippen LogP contribution < -0.4 is 4.74 Å². The summed E-state index contributed by atoms with van der Waals surface area (Å²) in [5.41, 5.74) is -0.0954. The molecule has 0 bridgehead atoms. The zero-order valence-electron chi connectivity index (χ0n) is 14.5. The van der Waals surface area contributed by atoms with Crippen molar-refractivity contribution in [3.8, 4) is 5.75 Å². The topological polar surface area (TPSA) is 52.6 Å². The summed E-state index contributed by atoms with van der Waals surface area (Å²) in [4.78, 5) is 24.2. The second-order valence-electron chi connectivity index (χ2n) is 6.47. The van der Waals surface area contributed by atoms with Crippen LogP contribution in [0.5, 0.6) is 5.75 Å². The Balaban J connectivity index is 2.00. The van der Waals surface area contributed by atoms with Crippen molar-refractivity contribution in [2.24, 2.45) is 5.92 Å². The van der Waals surface area contributed by atoms with Crippen molar-refractivity contribution in [2.45, 2.75) is 58.0 Å². The van der Waals surface area contributed by atoms with Gasteiger partial charge in [0.15, 0.2) is 0 Å². The number of hydrogen-bond acceptors (Lipinski definition) is 4. The molecule has 0 spiro atoms. The summed E-state index contributed by atoms with van der Waals surface area (Å²) in [6, 6.07) is 6.50. The maximum Gasteiger partial charge on any atom is 0.338 e. The summed E-state index contributed by atoms with van der Waals surface area (Å²) in [5, 5.41) is 0. The molecule has 1 aliphatic rings. The van der Waals surface area contributed by atoms with Crippen LogP contribution in [0.15, 0.2) is 36.9 Å². The van der Waals surface area contributed by atoms with Crippen molar-refractivity contribution in [3.63, 3.8) is 0 Å². The van der Waals surface area contributed by atoms with E-state index in [0.717, 1.165) is 32.1 Å². The van der Waals surface area contributed by atoms with Crippen molar-refractivity contribution in [1.82, 2.24) is 0 Å². The monoisotopic (exact) mass is 330 g/mol. The lowest BCUT2D eigenvalue weighted by atomic mass is 9.84. The quantitative estimate of drug-likeness (QED) is 0.431.